The summed E-state index contributed by atoms with van der Waals surface area (Å²) in [4.78, 5) is 0. The summed E-state index contributed by atoms with van der Waals surface area (Å²) in [5.41, 5.74) is 5.54. The van der Waals surface area contributed by atoms with E-state index in [0.717, 1.165) is 0 Å². The predicted octanol–water partition coefficient (Wildman–Crippen LogP) is 5.39. The Morgan fingerprint density at radius 1 is 0.882 bits per heavy atom. The zero-order valence-corrected chi connectivity index (χ0v) is 12.7. The lowest BCUT2D eigenvalue weighted by molar-refractivity contribution is 0.869. The molecule has 0 amide bonds. The Hall–Kier alpha value is -0.830. The van der Waals surface area contributed by atoms with E-state index in [1.807, 2.05) is 0 Å². The number of hydrogen-bond acceptors (Lipinski definition) is 0. The van der Waals surface area contributed by atoms with Gasteiger partial charge in [0.1, 0.15) is 0 Å². The summed E-state index contributed by atoms with van der Waals surface area (Å²) < 4.78 is 1.33. The maximum Gasteiger partial charge on any atom is 0.0165 e. The molecule has 0 aliphatic heterocycles. The molecule has 2 aromatic rings. The van der Waals surface area contributed by atoms with Crippen molar-refractivity contribution in [3.05, 3.63) is 57.2 Å². The van der Waals surface area contributed by atoms with Crippen molar-refractivity contribution in [3.8, 4) is 11.1 Å². The molecule has 0 N–H and O–H groups in total. The first-order valence-corrected chi connectivity index (χ1v) is 7.03. The van der Waals surface area contributed by atoms with Gasteiger partial charge in [-0.15, -0.1) is 0 Å². The van der Waals surface area contributed by atoms with Crippen LogP contribution in [0.15, 0.2) is 42.5 Å². The summed E-state index contributed by atoms with van der Waals surface area (Å²) in [6, 6.07) is 15.2. The number of halogens is 1. The molecule has 0 heterocycles. The first kappa shape index (κ1) is 12.6. The molecular formula is C16H17I. The van der Waals surface area contributed by atoms with Crippen LogP contribution < -0.4 is 0 Å². The van der Waals surface area contributed by atoms with Crippen molar-refractivity contribution in [1.82, 2.24) is 0 Å². The van der Waals surface area contributed by atoms with Crippen LogP contribution in [0, 0.1) is 10.5 Å². The molecule has 88 valence electrons. The van der Waals surface area contributed by atoms with Gasteiger partial charge in [0.15, 0.2) is 0 Å². The largest absolute Gasteiger partial charge is 0.0619 e. The van der Waals surface area contributed by atoms with Gasteiger partial charge in [0.05, 0.1) is 0 Å². The molecule has 1 heteroatoms. The Morgan fingerprint density at radius 2 is 1.53 bits per heavy atom. The normalized spacial score (nSPS) is 10.9. The number of rotatable bonds is 2. The van der Waals surface area contributed by atoms with Crippen molar-refractivity contribution in [1.29, 1.82) is 0 Å². The molecule has 0 aromatic heterocycles. The molecule has 0 aliphatic carbocycles. The fraction of sp³-hybridized carbons (Fsp3) is 0.250. The second kappa shape index (κ2) is 5.21. The van der Waals surface area contributed by atoms with E-state index in [2.05, 4.69) is 85.8 Å². The summed E-state index contributed by atoms with van der Waals surface area (Å²) in [6.45, 7) is 6.71. The van der Waals surface area contributed by atoms with Gasteiger partial charge in [0, 0.05) is 3.57 Å². The fourth-order valence-electron chi connectivity index (χ4n) is 2.14. The van der Waals surface area contributed by atoms with E-state index < -0.39 is 0 Å². The summed E-state index contributed by atoms with van der Waals surface area (Å²) in [5.74, 6) is 0.559. The van der Waals surface area contributed by atoms with Crippen molar-refractivity contribution in [2.45, 2.75) is 26.7 Å². The highest BCUT2D eigenvalue weighted by atomic mass is 127. The Kier molecular flexibility index (Phi) is 3.87. The molecule has 2 aromatic carbocycles. The molecule has 0 aliphatic rings. The minimum atomic E-state index is 0.559. The molecule has 0 fully saturated rings. The average Bonchev–Trinajstić information content (AvgIpc) is 2.33. The third-order valence-corrected chi connectivity index (χ3v) is 4.31. The van der Waals surface area contributed by atoms with Gasteiger partial charge >= 0.3 is 0 Å². The van der Waals surface area contributed by atoms with Crippen molar-refractivity contribution in [2.75, 3.05) is 0 Å². The third-order valence-electron chi connectivity index (χ3n) is 3.14. The van der Waals surface area contributed by atoms with Crippen LogP contribution >= 0.6 is 22.6 Å². The van der Waals surface area contributed by atoms with Gasteiger partial charge in [-0.3, -0.25) is 0 Å². The third kappa shape index (κ3) is 2.54. The Balaban J connectivity index is 2.64. The molecular weight excluding hydrogens is 319 g/mol. The summed E-state index contributed by atoms with van der Waals surface area (Å²) in [5, 5.41) is 0. The highest BCUT2D eigenvalue weighted by Crippen LogP contribution is 2.32. The molecule has 0 bridgehead atoms. The maximum absolute atomic E-state index is 2.41. The zero-order valence-electron chi connectivity index (χ0n) is 10.5. The van der Waals surface area contributed by atoms with E-state index in [9.17, 15) is 0 Å². The van der Waals surface area contributed by atoms with E-state index in [1.54, 1.807) is 0 Å². The van der Waals surface area contributed by atoms with Crippen LogP contribution in [0.5, 0.6) is 0 Å². The van der Waals surface area contributed by atoms with Crippen LogP contribution in [0.25, 0.3) is 11.1 Å². The maximum atomic E-state index is 2.41. The molecule has 0 atom stereocenters. The lowest BCUT2D eigenvalue weighted by Gasteiger charge is -2.15. The van der Waals surface area contributed by atoms with Gasteiger partial charge in [-0.1, -0.05) is 50.2 Å². The average molecular weight is 336 g/mol. The van der Waals surface area contributed by atoms with Crippen LogP contribution in [0.1, 0.15) is 30.9 Å². The van der Waals surface area contributed by atoms with E-state index >= 15 is 0 Å². The lowest BCUT2D eigenvalue weighted by Crippen LogP contribution is -1.94. The smallest absolute Gasteiger partial charge is 0.0165 e. The highest BCUT2D eigenvalue weighted by molar-refractivity contribution is 14.1. The van der Waals surface area contributed by atoms with Gasteiger partial charge in [0.2, 0.25) is 0 Å². The van der Waals surface area contributed by atoms with Gasteiger partial charge in [-0.25, -0.2) is 0 Å². The zero-order chi connectivity index (χ0) is 12.4. The van der Waals surface area contributed by atoms with Crippen LogP contribution in [-0.2, 0) is 0 Å². The van der Waals surface area contributed by atoms with E-state index in [1.165, 1.54) is 25.8 Å². The first-order valence-electron chi connectivity index (χ1n) is 5.95. The first-order chi connectivity index (χ1) is 8.11. The van der Waals surface area contributed by atoms with Crippen molar-refractivity contribution >= 4 is 22.6 Å². The Bertz CT molecular complexity index is 527. The molecule has 0 saturated carbocycles. The SMILES string of the molecule is Cc1c(I)cccc1-c1ccccc1C(C)C. The number of benzene rings is 2. The Labute approximate surface area is 117 Å². The minimum Gasteiger partial charge on any atom is -0.0619 e. The van der Waals surface area contributed by atoms with Crippen molar-refractivity contribution in [2.24, 2.45) is 0 Å². The summed E-state index contributed by atoms with van der Waals surface area (Å²) in [6.07, 6.45) is 0. The van der Waals surface area contributed by atoms with Gasteiger partial charge in [-0.2, -0.15) is 0 Å². The molecule has 17 heavy (non-hydrogen) atoms. The van der Waals surface area contributed by atoms with E-state index in [4.69, 9.17) is 0 Å². The Morgan fingerprint density at radius 3 is 2.24 bits per heavy atom. The van der Waals surface area contributed by atoms with Gasteiger partial charge < -0.3 is 0 Å². The second-order valence-corrected chi connectivity index (χ2v) is 5.82. The quantitative estimate of drug-likeness (QED) is 0.645. The summed E-state index contributed by atoms with van der Waals surface area (Å²) in [7, 11) is 0. The highest BCUT2D eigenvalue weighted by Gasteiger charge is 2.10. The van der Waals surface area contributed by atoms with Gasteiger partial charge in [0.25, 0.3) is 0 Å². The monoisotopic (exact) mass is 336 g/mol. The van der Waals surface area contributed by atoms with Crippen LogP contribution in [0.3, 0.4) is 0 Å². The van der Waals surface area contributed by atoms with Gasteiger partial charge in [-0.05, 0) is 63.8 Å². The van der Waals surface area contributed by atoms with Crippen LogP contribution in [0.4, 0.5) is 0 Å². The second-order valence-electron chi connectivity index (χ2n) is 4.65. The lowest BCUT2D eigenvalue weighted by atomic mass is 9.91. The van der Waals surface area contributed by atoms with Crippen molar-refractivity contribution < 1.29 is 0 Å². The topological polar surface area (TPSA) is 0 Å². The van der Waals surface area contributed by atoms with Crippen LogP contribution in [-0.4, -0.2) is 0 Å². The number of hydrogen-bond donors (Lipinski definition) is 0. The molecule has 0 spiro atoms. The predicted molar refractivity (Wildman–Crippen MR) is 83.4 cm³/mol. The minimum absolute atomic E-state index is 0.559. The van der Waals surface area contributed by atoms with E-state index in [-0.39, 0.29) is 0 Å². The molecule has 0 saturated heterocycles. The molecule has 2 rings (SSSR count). The molecule has 0 nitrogen and oxygen atoms in total. The standard InChI is InChI=1S/C16H17I/c1-11(2)13-7-4-5-8-15(13)14-9-6-10-16(17)12(14)3/h4-11H,1-3H3. The molecule has 0 unspecified atom stereocenters. The van der Waals surface area contributed by atoms with E-state index in [0.29, 0.717) is 5.92 Å². The fourth-order valence-corrected chi connectivity index (χ4v) is 2.64. The molecule has 0 radical (unpaired) electrons. The van der Waals surface area contributed by atoms with Crippen molar-refractivity contribution in [3.63, 3.8) is 0 Å². The van der Waals surface area contributed by atoms with Crippen LogP contribution in [0.2, 0.25) is 0 Å². The summed E-state index contributed by atoms with van der Waals surface area (Å²) >= 11 is 2.41.